The second-order valence-electron chi connectivity index (χ2n) is 3.15. The molecule has 0 fully saturated rings. The summed E-state index contributed by atoms with van der Waals surface area (Å²) in [6.45, 7) is 0.407. The topological polar surface area (TPSA) is 45.0 Å². The van der Waals surface area contributed by atoms with Crippen LogP contribution in [0.25, 0.3) is 0 Å². The lowest BCUT2D eigenvalue weighted by molar-refractivity contribution is 0.284. The molecule has 1 N–H and O–H groups in total. The quantitative estimate of drug-likeness (QED) is 0.739. The van der Waals surface area contributed by atoms with E-state index in [4.69, 9.17) is 10.00 Å². The van der Waals surface area contributed by atoms with Crippen LogP contribution in [0, 0.1) is 17.1 Å². The number of benzene rings is 1. The summed E-state index contributed by atoms with van der Waals surface area (Å²) in [5.74, 6) is 0.198. The van der Waals surface area contributed by atoms with Gasteiger partial charge >= 0.3 is 0 Å². The Morgan fingerprint density at radius 2 is 2.50 bits per heavy atom. The van der Waals surface area contributed by atoms with Crippen molar-refractivity contribution in [2.75, 3.05) is 11.9 Å². The number of halogens is 1. The molecule has 1 aliphatic heterocycles. The fourth-order valence-electron chi connectivity index (χ4n) is 1.41. The van der Waals surface area contributed by atoms with Crippen LogP contribution >= 0.6 is 0 Å². The molecule has 0 aromatic heterocycles. The van der Waals surface area contributed by atoms with Gasteiger partial charge in [-0.15, -0.1) is 0 Å². The third kappa shape index (κ3) is 1.62. The monoisotopic (exact) mass is 192 g/mol. The number of hydrogen-bond acceptors (Lipinski definition) is 3. The van der Waals surface area contributed by atoms with Crippen molar-refractivity contribution in [3.8, 4) is 11.8 Å². The average molecular weight is 192 g/mol. The Balaban J connectivity index is 2.20. The van der Waals surface area contributed by atoms with Gasteiger partial charge in [0.25, 0.3) is 0 Å². The van der Waals surface area contributed by atoms with Gasteiger partial charge < -0.3 is 10.1 Å². The van der Waals surface area contributed by atoms with Crippen molar-refractivity contribution in [1.29, 1.82) is 5.26 Å². The molecule has 4 heteroatoms. The standard InChI is InChI=1S/C10H9FN2O/c11-7-1-2-9-10(5-7)14-6-8(13-9)3-4-12/h1-2,5,8,13H,3,6H2. The summed E-state index contributed by atoms with van der Waals surface area (Å²) in [6.07, 6.45) is 0.386. The van der Waals surface area contributed by atoms with E-state index in [1.165, 1.54) is 12.1 Å². The first kappa shape index (κ1) is 8.82. The maximum atomic E-state index is 12.8. The van der Waals surface area contributed by atoms with Crippen molar-refractivity contribution >= 4 is 5.69 Å². The predicted molar refractivity (Wildman–Crippen MR) is 49.5 cm³/mol. The second-order valence-corrected chi connectivity index (χ2v) is 3.15. The minimum atomic E-state index is -0.315. The van der Waals surface area contributed by atoms with Crippen LogP contribution in [0.15, 0.2) is 18.2 Å². The number of fused-ring (bicyclic) bond motifs is 1. The molecular formula is C10H9FN2O. The summed E-state index contributed by atoms with van der Waals surface area (Å²) in [5, 5.41) is 11.6. The van der Waals surface area contributed by atoms with Gasteiger partial charge in [-0.05, 0) is 12.1 Å². The zero-order valence-corrected chi connectivity index (χ0v) is 7.46. The van der Waals surface area contributed by atoms with Gasteiger partial charge in [0.2, 0.25) is 0 Å². The van der Waals surface area contributed by atoms with E-state index >= 15 is 0 Å². The van der Waals surface area contributed by atoms with E-state index in [1.807, 2.05) is 0 Å². The number of ether oxygens (including phenoxy) is 1. The number of hydrogen-bond donors (Lipinski definition) is 1. The fourth-order valence-corrected chi connectivity index (χ4v) is 1.41. The third-order valence-corrected chi connectivity index (χ3v) is 2.08. The van der Waals surface area contributed by atoms with Crippen LogP contribution in [-0.2, 0) is 0 Å². The number of rotatable bonds is 1. The maximum Gasteiger partial charge on any atom is 0.145 e. The fraction of sp³-hybridized carbons (Fsp3) is 0.300. The van der Waals surface area contributed by atoms with Crippen LogP contribution in [0.1, 0.15) is 6.42 Å². The Morgan fingerprint density at radius 1 is 1.64 bits per heavy atom. The van der Waals surface area contributed by atoms with E-state index < -0.39 is 0 Å². The Labute approximate surface area is 81.1 Å². The molecule has 1 unspecified atom stereocenters. The van der Waals surface area contributed by atoms with Gasteiger partial charge in [0.1, 0.15) is 18.2 Å². The van der Waals surface area contributed by atoms with Crippen LogP contribution < -0.4 is 10.1 Å². The predicted octanol–water partition coefficient (Wildman–Crippen LogP) is 1.91. The van der Waals surface area contributed by atoms with Crippen molar-refractivity contribution in [1.82, 2.24) is 0 Å². The highest BCUT2D eigenvalue weighted by atomic mass is 19.1. The van der Waals surface area contributed by atoms with Gasteiger partial charge in [0.05, 0.1) is 24.2 Å². The van der Waals surface area contributed by atoms with Crippen LogP contribution in [0.4, 0.5) is 10.1 Å². The Morgan fingerprint density at radius 3 is 3.29 bits per heavy atom. The molecule has 3 nitrogen and oxygen atoms in total. The minimum absolute atomic E-state index is 0.00189. The number of nitrogens with one attached hydrogen (secondary N) is 1. The van der Waals surface area contributed by atoms with Gasteiger partial charge in [-0.25, -0.2) is 4.39 Å². The zero-order valence-electron chi connectivity index (χ0n) is 7.46. The van der Waals surface area contributed by atoms with E-state index in [2.05, 4.69) is 11.4 Å². The molecule has 0 radical (unpaired) electrons. The van der Waals surface area contributed by atoms with E-state index in [9.17, 15) is 4.39 Å². The van der Waals surface area contributed by atoms with Crippen LogP contribution in [0.5, 0.6) is 5.75 Å². The van der Waals surface area contributed by atoms with E-state index in [-0.39, 0.29) is 11.9 Å². The summed E-state index contributed by atoms with van der Waals surface area (Å²) in [6, 6.07) is 6.38. The molecule has 0 amide bonds. The second kappa shape index (κ2) is 3.54. The Bertz CT molecular complexity index is 386. The van der Waals surface area contributed by atoms with Crippen molar-refractivity contribution in [2.45, 2.75) is 12.5 Å². The molecular weight excluding hydrogens is 183 g/mol. The molecule has 1 heterocycles. The Kier molecular flexibility index (Phi) is 2.23. The minimum Gasteiger partial charge on any atom is -0.489 e. The lowest BCUT2D eigenvalue weighted by Crippen LogP contribution is -2.30. The van der Waals surface area contributed by atoms with Crippen molar-refractivity contribution in [3.63, 3.8) is 0 Å². The number of nitrogens with zero attached hydrogens (tertiary/aromatic N) is 1. The molecule has 0 aliphatic carbocycles. The van der Waals surface area contributed by atoms with E-state index in [0.29, 0.717) is 18.8 Å². The van der Waals surface area contributed by atoms with Crippen LogP contribution in [-0.4, -0.2) is 12.6 Å². The first-order valence-electron chi connectivity index (χ1n) is 4.35. The largest absolute Gasteiger partial charge is 0.489 e. The van der Waals surface area contributed by atoms with Crippen LogP contribution in [0.2, 0.25) is 0 Å². The van der Waals surface area contributed by atoms with Gasteiger partial charge in [-0.3, -0.25) is 0 Å². The molecule has 1 aromatic rings. The van der Waals surface area contributed by atoms with Gasteiger partial charge in [-0.1, -0.05) is 0 Å². The van der Waals surface area contributed by atoms with Crippen molar-refractivity contribution in [2.24, 2.45) is 0 Å². The average Bonchev–Trinajstić information content (AvgIpc) is 2.19. The molecule has 2 rings (SSSR count). The Hall–Kier alpha value is -1.76. The highest BCUT2D eigenvalue weighted by molar-refractivity contribution is 5.58. The molecule has 14 heavy (non-hydrogen) atoms. The summed E-state index contributed by atoms with van der Waals surface area (Å²) in [7, 11) is 0. The molecule has 72 valence electrons. The smallest absolute Gasteiger partial charge is 0.145 e. The first-order chi connectivity index (χ1) is 6.79. The van der Waals surface area contributed by atoms with Gasteiger partial charge in [-0.2, -0.15) is 5.26 Å². The van der Waals surface area contributed by atoms with Crippen molar-refractivity contribution in [3.05, 3.63) is 24.0 Å². The summed E-state index contributed by atoms with van der Waals surface area (Å²) < 4.78 is 18.1. The number of nitriles is 1. The molecule has 0 bridgehead atoms. The molecule has 0 spiro atoms. The first-order valence-corrected chi connectivity index (χ1v) is 4.35. The SMILES string of the molecule is N#CCC1COc2cc(F)ccc2N1. The maximum absolute atomic E-state index is 12.8. The normalized spacial score (nSPS) is 18.7. The lowest BCUT2D eigenvalue weighted by atomic mass is 10.1. The number of anilines is 1. The van der Waals surface area contributed by atoms with Crippen LogP contribution in [0.3, 0.4) is 0 Å². The summed E-state index contributed by atoms with van der Waals surface area (Å²) >= 11 is 0. The summed E-state index contributed by atoms with van der Waals surface area (Å²) in [4.78, 5) is 0. The molecule has 1 atom stereocenters. The molecule has 1 aliphatic rings. The lowest BCUT2D eigenvalue weighted by Gasteiger charge is -2.25. The highest BCUT2D eigenvalue weighted by Gasteiger charge is 2.18. The zero-order chi connectivity index (χ0) is 9.97. The van der Waals surface area contributed by atoms with E-state index in [0.717, 1.165) is 5.69 Å². The molecule has 1 aromatic carbocycles. The summed E-state index contributed by atoms with van der Waals surface area (Å²) in [5.41, 5.74) is 0.748. The van der Waals surface area contributed by atoms with E-state index in [1.54, 1.807) is 6.07 Å². The highest BCUT2D eigenvalue weighted by Crippen LogP contribution is 2.29. The molecule has 0 saturated heterocycles. The van der Waals surface area contributed by atoms with Gasteiger partial charge in [0.15, 0.2) is 0 Å². The van der Waals surface area contributed by atoms with Crippen molar-refractivity contribution < 1.29 is 9.13 Å². The third-order valence-electron chi connectivity index (χ3n) is 2.08. The molecule has 0 saturated carbocycles. The van der Waals surface area contributed by atoms with Gasteiger partial charge in [0, 0.05) is 6.07 Å².